The Morgan fingerprint density at radius 1 is 1.16 bits per heavy atom. The number of carbonyl (C=O) groups is 2. The topological polar surface area (TPSA) is 82.4 Å². The number of carbonyl (C=O) groups excluding carboxylic acids is 2. The monoisotopic (exact) mass is 345 g/mol. The van der Waals surface area contributed by atoms with Crippen LogP contribution in [-0.4, -0.2) is 34.9 Å². The van der Waals surface area contributed by atoms with E-state index in [1.807, 2.05) is 13.8 Å². The molecule has 0 aliphatic carbocycles. The Bertz CT molecular complexity index is 722. The second kappa shape index (κ2) is 8.43. The van der Waals surface area contributed by atoms with Gasteiger partial charge in [0.15, 0.2) is 6.10 Å². The number of ether oxygens (including phenoxy) is 2. The van der Waals surface area contributed by atoms with E-state index in [0.717, 1.165) is 5.56 Å². The van der Waals surface area contributed by atoms with Crippen molar-refractivity contribution in [2.75, 3.05) is 12.4 Å². The highest BCUT2D eigenvalue weighted by Crippen LogP contribution is 2.14. The highest BCUT2D eigenvalue weighted by molar-refractivity contribution is 5.96. The summed E-state index contributed by atoms with van der Waals surface area (Å²) >= 11 is 0. The largest absolute Gasteiger partial charge is 0.449 e. The number of aromatic nitrogens is 2. The first-order chi connectivity index (χ1) is 11.9. The Morgan fingerprint density at radius 2 is 1.84 bits per heavy atom. The molecule has 7 heteroatoms. The standard InChI is InChI=1S/C18H23N3O4/c1-12(2)21-16(9-10-19-21)20-17(22)13(3)25-18(23)15-7-5-14(6-8-15)11-24-4/h5-10,12-13H,11H2,1-4H3,(H,20,22). The number of nitrogens with zero attached hydrogens (tertiary/aromatic N) is 2. The molecule has 1 heterocycles. The van der Waals surface area contributed by atoms with E-state index in [9.17, 15) is 9.59 Å². The predicted molar refractivity (Wildman–Crippen MR) is 93.3 cm³/mol. The maximum absolute atomic E-state index is 12.2. The van der Waals surface area contributed by atoms with Crippen LogP contribution >= 0.6 is 0 Å². The third-order valence-electron chi connectivity index (χ3n) is 3.56. The number of rotatable bonds is 7. The minimum Gasteiger partial charge on any atom is -0.449 e. The first-order valence-electron chi connectivity index (χ1n) is 8.05. The Hall–Kier alpha value is -2.67. The van der Waals surface area contributed by atoms with Crippen LogP contribution in [0.3, 0.4) is 0 Å². The number of hydrogen-bond acceptors (Lipinski definition) is 5. The average molecular weight is 345 g/mol. The molecule has 134 valence electrons. The van der Waals surface area contributed by atoms with Gasteiger partial charge in [0.1, 0.15) is 5.82 Å². The van der Waals surface area contributed by atoms with Gasteiger partial charge in [-0.2, -0.15) is 5.10 Å². The summed E-state index contributed by atoms with van der Waals surface area (Å²) in [7, 11) is 1.60. The lowest BCUT2D eigenvalue weighted by atomic mass is 10.1. The molecule has 1 amide bonds. The molecule has 0 spiro atoms. The van der Waals surface area contributed by atoms with Gasteiger partial charge in [0, 0.05) is 19.2 Å². The fourth-order valence-electron chi connectivity index (χ4n) is 2.24. The van der Waals surface area contributed by atoms with Gasteiger partial charge in [-0.25, -0.2) is 9.48 Å². The molecule has 2 rings (SSSR count). The lowest BCUT2D eigenvalue weighted by molar-refractivity contribution is -0.123. The van der Waals surface area contributed by atoms with E-state index in [0.29, 0.717) is 18.0 Å². The van der Waals surface area contributed by atoms with Gasteiger partial charge >= 0.3 is 5.97 Å². The van der Waals surface area contributed by atoms with Crippen molar-refractivity contribution in [2.45, 2.75) is 39.5 Å². The van der Waals surface area contributed by atoms with Crippen LogP contribution in [0.1, 0.15) is 42.7 Å². The summed E-state index contributed by atoms with van der Waals surface area (Å²) in [6.07, 6.45) is 0.676. The zero-order valence-electron chi connectivity index (χ0n) is 14.9. The number of anilines is 1. The number of amides is 1. The summed E-state index contributed by atoms with van der Waals surface area (Å²) in [4.78, 5) is 24.4. The molecule has 0 saturated carbocycles. The molecule has 0 bridgehead atoms. The number of methoxy groups -OCH3 is 1. The van der Waals surface area contributed by atoms with Crippen LogP contribution in [0.15, 0.2) is 36.5 Å². The fourth-order valence-corrected chi connectivity index (χ4v) is 2.24. The normalized spacial score (nSPS) is 12.0. The van der Waals surface area contributed by atoms with Crippen LogP contribution in [0.4, 0.5) is 5.82 Å². The lowest BCUT2D eigenvalue weighted by Crippen LogP contribution is -2.31. The van der Waals surface area contributed by atoms with Crippen molar-refractivity contribution in [3.63, 3.8) is 0 Å². The number of esters is 1. The van der Waals surface area contributed by atoms with Crippen LogP contribution in [0, 0.1) is 0 Å². The summed E-state index contributed by atoms with van der Waals surface area (Å²) in [5.74, 6) is -0.400. The molecule has 1 aromatic carbocycles. The molecule has 1 N–H and O–H groups in total. The van der Waals surface area contributed by atoms with Crippen molar-refractivity contribution in [1.29, 1.82) is 0 Å². The van der Waals surface area contributed by atoms with E-state index in [1.165, 1.54) is 6.92 Å². The summed E-state index contributed by atoms with van der Waals surface area (Å²) in [5.41, 5.74) is 1.33. The number of hydrogen-bond donors (Lipinski definition) is 1. The van der Waals surface area contributed by atoms with Crippen LogP contribution in [0.5, 0.6) is 0 Å². The van der Waals surface area contributed by atoms with E-state index in [4.69, 9.17) is 9.47 Å². The maximum Gasteiger partial charge on any atom is 0.338 e. The van der Waals surface area contributed by atoms with Crippen molar-refractivity contribution in [1.82, 2.24) is 9.78 Å². The van der Waals surface area contributed by atoms with E-state index >= 15 is 0 Å². The zero-order valence-corrected chi connectivity index (χ0v) is 14.9. The molecule has 0 aliphatic heterocycles. The lowest BCUT2D eigenvalue weighted by Gasteiger charge is -2.15. The van der Waals surface area contributed by atoms with Crippen LogP contribution in [0.2, 0.25) is 0 Å². The molecule has 0 aliphatic rings. The Balaban J connectivity index is 1.95. The summed E-state index contributed by atoms with van der Waals surface area (Å²) in [5, 5.41) is 6.87. The van der Waals surface area contributed by atoms with Gasteiger partial charge in [0.05, 0.1) is 18.4 Å². The summed E-state index contributed by atoms with van der Waals surface area (Å²) in [6, 6.07) is 8.66. The SMILES string of the molecule is COCc1ccc(C(=O)OC(C)C(=O)Nc2ccnn2C(C)C)cc1. The Labute approximate surface area is 146 Å². The minimum absolute atomic E-state index is 0.105. The molecule has 25 heavy (non-hydrogen) atoms. The van der Waals surface area contributed by atoms with Gasteiger partial charge in [0.25, 0.3) is 5.91 Å². The maximum atomic E-state index is 12.2. The third-order valence-corrected chi connectivity index (χ3v) is 3.56. The van der Waals surface area contributed by atoms with Gasteiger partial charge in [-0.15, -0.1) is 0 Å². The van der Waals surface area contributed by atoms with Gasteiger partial charge in [-0.1, -0.05) is 12.1 Å². The first kappa shape index (κ1) is 18.7. The highest BCUT2D eigenvalue weighted by Gasteiger charge is 2.20. The van der Waals surface area contributed by atoms with E-state index in [-0.39, 0.29) is 6.04 Å². The molecule has 2 aromatic rings. The van der Waals surface area contributed by atoms with Crippen molar-refractivity contribution in [3.05, 3.63) is 47.7 Å². The van der Waals surface area contributed by atoms with Crippen molar-refractivity contribution >= 4 is 17.7 Å². The zero-order chi connectivity index (χ0) is 18.4. The Morgan fingerprint density at radius 3 is 2.44 bits per heavy atom. The molecular formula is C18H23N3O4. The van der Waals surface area contributed by atoms with E-state index in [1.54, 1.807) is 48.3 Å². The van der Waals surface area contributed by atoms with Gasteiger partial charge < -0.3 is 14.8 Å². The minimum atomic E-state index is -0.929. The second-order valence-corrected chi connectivity index (χ2v) is 5.92. The van der Waals surface area contributed by atoms with E-state index in [2.05, 4.69) is 10.4 Å². The molecule has 0 fully saturated rings. The van der Waals surface area contributed by atoms with E-state index < -0.39 is 18.0 Å². The highest BCUT2D eigenvalue weighted by atomic mass is 16.5. The quantitative estimate of drug-likeness (QED) is 0.780. The van der Waals surface area contributed by atoms with Crippen molar-refractivity contribution in [2.24, 2.45) is 0 Å². The van der Waals surface area contributed by atoms with Gasteiger partial charge in [-0.3, -0.25) is 4.79 Å². The van der Waals surface area contributed by atoms with Crippen LogP contribution < -0.4 is 5.32 Å². The second-order valence-electron chi connectivity index (χ2n) is 5.92. The molecule has 1 atom stereocenters. The average Bonchev–Trinajstić information content (AvgIpc) is 3.04. The van der Waals surface area contributed by atoms with Crippen LogP contribution in [0.25, 0.3) is 0 Å². The van der Waals surface area contributed by atoms with Crippen molar-refractivity contribution < 1.29 is 19.1 Å². The summed E-state index contributed by atoms with van der Waals surface area (Å²) in [6.45, 7) is 5.92. The third kappa shape index (κ3) is 4.90. The Kier molecular flexibility index (Phi) is 6.30. The number of benzene rings is 1. The molecule has 1 unspecified atom stereocenters. The molecular weight excluding hydrogens is 322 g/mol. The van der Waals surface area contributed by atoms with Crippen LogP contribution in [-0.2, 0) is 20.9 Å². The molecule has 7 nitrogen and oxygen atoms in total. The molecule has 0 saturated heterocycles. The number of nitrogens with one attached hydrogen (secondary N) is 1. The van der Waals surface area contributed by atoms with Gasteiger partial charge in [0.2, 0.25) is 0 Å². The van der Waals surface area contributed by atoms with Gasteiger partial charge in [-0.05, 0) is 38.5 Å². The smallest absolute Gasteiger partial charge is 0.338 e. The fraction of sp³-hybridized carbons (Fsp3) is 0.389. The molecule has 0 radical (unpaired) electrons. The summed E-state index contributed by atoms with van der Waals surface area (Å²) < 4.78 is 11.9. The van der Waals surface area contributed by atoms with Crippen molar-refractivity contribution in [3.8, 4) is 0 Å². The first-order valence-corrected chi connectivity index (χ1v) is 8.05. The molecule has 1 aromatic heterocycles. The predicted octanol–water partition coefficient (Wildman–Crippen LogP) is 2.79.